The van der Waals surface area contributed by atoms with Crippen molar-refractivity contribution in [3.05, 3.63) is 37.4 Å². The molecule has 0 aliphatic carbocycles. The van der Waals surface area contributed by atoms with Crippen LogP contribution in [0.2, 0.25) is 0 Å². The highest BCUT2D eigenvalue weighted by molar-refractivity contribution is 9.12. The summed E-state index contributed by atoms with van der Waals surface area (Å²) in [6.45, 7) is 0. The number of halogens is 2. The molecule has 0 radical (unpaired) electrons. The first-order valence-corrected chi connectivity index (χ1v) is 6.67. The van der Waals surface area contributed by atoms with Crippen LogP contribution in [0.5, 0.6) is 0 Å². The second kappa shape index (κ2) is 4.37. The summed E-state index contributed by atoms with van der Waals surface area (Å²) in [6.07, 6.45) is 3.65. The van der Waals surface area contributed by atoms with Gasteiger partial charge in [-0.2, -0.15) is 0 Å². The molecule has 2 heterocycles. The highest BCUT2D eigenvalue weighted by Crippen LogP contribution is 2.36. The molecule has 15 heavy (non-hydrogen) atoms. The lowest BCUT2D eigenvalue weighted by Gasteiger charge is -2.10. The molecule has 2 N–H and O–H groups in total. The molecule has 80 valence electrons. The van der Waals surface area contributed by atoms with Crippen molar-refractivity contribution in [1.82, 2.24) is 9.55 Å². The number of nitrogens with zero attached hydrogens (tertiary/aromatic N) is 2. The van der Waals surface area contributed by atoms with Gasteiger partial charge in [-0.25, -0.2) is 4.98 Å². The van der Waals surface area contributed by atoms with Crippen LogP contribution in [0.4, 0.5) is 0 Å². The molecule has 2 rings (SSSR count). The van der Waals surface area contributed by atoms with Gasteiger partial charge in [-0.05, 0) is 37.9 Å². The van der Waals surface area contributed by atoms with E-state index in [1.165, 1.54) is 0 Å². The number of imidazole rings is 1. The van der Waals surface area contributed by atoms with E-state index in [9.17, 15) is 0 Å². The third-order valence-corrected chi connectivity index (χ3v) is 4.54. The Morgan fingerprint density at radius 2 is 2.27 bits per heavy atom. The van der Waals surface area contributed by atoms with Crippen LogP contribution in [0, 0.1) is 0 Å². The molecule has 0 fully saturated rings. The van der Waals surface area contributed by atoms with Crippen LogP contribution in [-0.4, -0.2) is 9.55 Å². The molecule has 2 aromatic heterocycles. The van der Waals surface area contributed by atoms with Gasteiger partial charge in [0.05, 0.1) is 13.6 Å². The number of aromatic nitrogens is 2. The van der Waals surface area contributed by atoms with Gasteiger partial charge in [0.25, 0.3) is 0 Å². The van der Waals surface area contributed by atoms with Gasteiger partial charge in [0.2, 0.25) is 0 Å². The minimum absolute atomic E-state index is 0.193. The lowest BCUT2D eigenvalue weighted by Crippen LogP contribution is -2.16. The summed E-state index contributed by atoms with van der Waals surface area (Å²) in [4.78, 5) is 4.25. The SMILES string of the molecule is Cn1ccnc1C(N)c1cc(Br)sc1Br. The largest absolute Gasteiger partial charge is 0.336 e. The summed E-state index contributed by atoms with van der Waals surface area (Å²) in [6, 6.07) is 1.83. The summed E-state index contributed by atoms with van der Waals surface area (Å²) >= 11 is 8.56. The highest BCUT2D eigenvalue weighted by atomic mass is 79.9. The molecule has 6 heteroatoms. The lowest BCUT2D eigenvalue weighted by molar-refractivity contribution is 0.717. The quantitative estimate of drug-likeness (QED) is 0.904. The van der Waals surface area contributed by atoms with E-state index in [0.29, 0.717) is 0 Å². The maximum atomic E-state index is 6.15. The predicted octanol–water partition coefficient (Wildman–Crippen LogP) is 3.05. The second-order valence-corrected chi connectivity index (χ2v) is 6.90. The fraction of sp³-hybridized carbons (Fsp3) is 0.222. The third kappa shape index (κ3) is 2.18. The molecule has 0 saturated carbocycles. The molecule has 1 unspecified atom stereocenters. The predicted molar refractivity (Wildman–Crippen MR) is 69.0 cm³/mol. The van der Waals surface area contributed by atoms with Crippen molar-refractivity contribution in [2.45, 2.75) is 6.04 Å². The van der Waals surface area contributed by atoms with Crippen molar-refractivity contribution in [2.75, 3.05) is 0 Å². The number of aryl methyl sites for hydroxylation is 1. The average Bonchev–Trinajstić information content (AvgIpc) is 2.71. The van der Waals surface area contributed by atoms with Crippen molar-refractivity contribution in [1.29, 1.82) is 0 Å². The number of hydrogen-bond acceptors (Lipinski definition) is 3. The first kappa shape index (κ1) is 11.3. The van der Waals surface area contributed by atoms with Crippen LogP contribution in [0.1, 0.15) is 17.4 Å². The number of thiophene rings is 1. The molecule has 1 atom stereocenters. The molecule has 2 aromatic rings. The number of rotatable bonds is 2. The summed E-state index contributed by atoms with van der Waals surface area (Å²) in [7, 11) is 1.94. The van der Waals surface area contributed by atoms with Gasteiger partial charge in [-0.15, -0.1) is 11.3 Å². The fourth-order valence-electron chi connectivity index (χ4n) is 1.38. The van der Waals surface area contributed by atoms with Gasteiger partial charge in [0.15, 0.2) is 0 Å². The first-order valence-electron chi connectivity index (χ1n) is 4.27. The summed E-state index contributed by atoms with van der Waals surface area (Å²) in [5.74, 6) is 0.862. The van der Waals surface area contributed by atoms with E-state index in [4.69, 9.17) is 5.73 Å². The minimum atomic E-state index is -0.193. The monoisotopic (exact) mass is 349 g/mol. The van der Waals surface area contributed by atoms with E-state index in [1.54, 1.807) is 17.5 Å². The van der Waals surface area contributed by atoms with E-state index in [-0.39, 0.29) is 6.04 Å². The van der Waals surface area contributed by atoms with Gasteiger partial charge < -0.3 is 10.3 Å². The third-order valence-electron chi connectivity index (χ3n) is 2.15. The molecule has 0 amide bonds. The van der Waals surface area contributed by atoms with Crippen LogP contribution in [0.25, 0.3) is 0 Å². The van der Waals surface area contributed by atoms with Crippen molar-refractivity contribution in [3.8, 4) is 0 Å². The Bertz CT molecular complexity index is 477. The summed E-state index contributed by atoms with van der Waals surface area (Å²) < 4.78 is 4.04. The molecular weight excluding hydrogens is 342 g/mol. The number of hydrogen-bond donors (Lipinski definition) is 1. The zero-order valence-electron chi connectivity index (χ0n) is 7.95. The van der Waals surface area contributed by atoms with E-state index in [0.717, 1.165) is 19.0 Å². The smallest absolute Gasteiger partial charge is 0.130 e. The Kier molecular flexibility index (Phi) is 3.30. The maximum absolute atomic E-state index is 6.15. The van der Waals surface area contributed by atoms with Gasteiger partial charge in [-0.1, -0.05) is 0 Å². The lowest BCUT2D eigenvalue weighted by atomic mass is 10.1. The Morgan fingerprint density at radius 1 is 1.53 bits per heavy atom. The second-order valence-electron chi connectivity index (χ2n) is 3.15. The van der Waals surface area contributed by atoms with E-state index in [2.05, 4.69) is 36.8 Å². The van der Waals surface area contributed by atoms with Crippen molar-refractivity contribution >= 4 is 43.2 Å². The van der Waals surface area contributed by atoms with Gasteiger partial charge >= 0.3 is 0 Å². The van der Waals surface area contributed by atoms with Crippen molar-refractivity contribution in [3.63, 3.8) is 0 Å². The maximum Gasteiger partial charge on any atom is 0.130 e. The molecule has 3 nitrogen and oxygen atoms in total. The van der Waals surface area contributed by atoms with Crippen LogP contribution in [0.15, 0.2) is 26.0 Å². The topological polar surface area (TPSA) is 43.8 Å². The fourth-order valence-corrected chi connectivity index (χ4v) is 4.31. The highest BCUT2D eigenvalue weighted by Gasteiger charge is 2.18. The van der Waals surface area contributed by atoms with E-state index in [1.807, 2.05) is 23.9 Å². The van der Waals surface area contributed by atoms with Crippen LogP contribution >= 0.6 is 43.2 Å². The first-order chi connectivity index (χ1) is 7.09. The van der Waals surface area contributed by atoms with Crippen molar-refractivity contribution in [2.24, 2.45) is 12.8 Å². The Morgan fingerprint density at radius 3 is 2.73 bits per heavy atom. The summed E-state index contributed by atoms with van der Waals surface area (Å²) in [5.41, 5.74) is 7.20. The Balaban J connectivity index is 2.40. The van der Waals surface area contributed by atoms with Gasteiger partial charge in [0, 0.05) is 25.0 Å². The van der Waals surface area contributed by atoms with Gasteiger partial charge in [0.1, 0.15) is 5.82 Å². The Hall–Kier alpha value is -0.170. The molecule has 0 aliphatic heterocycles. The normalized spacial score (nSPS) is 13.1. The van der Waals surface area contributed by atoms with Crippen LogP contribution < -0.4 is 5.73 Å². The zero-order chi connectivity index (χ0) is 11.0. The molecule has 0 bridgehead atoms. The van der Waals surface area contributed by atoms with Crippen LogP contribution in [0.3, 0.4) is 0 Å². The molecule has 0 spiro atoms. The summed E-state index contributed by atoms with van der Waals surface area (Å²) in [5, 5.41) is 0. The average molecular weight is 351 g/mol. The molecule has 0 saturated heterocycles. The van der Waals surface area contributed by atoms with Gasteiger partial charge in [-0.3, -0.25) is 0 Å². The molecule has 0 aliphatic rings. The number of nitrogens with two attached hydrogens (primary N) is 1. The van der Waals surface area contributed by atoms with E-state index < -0.39 is 0 Å². The molecular formula is C9H9Br2N3S. The standard InChI is InChI=1S/C9H9Br2N3S/c1-14-3-2-13-9(14)7(12)5-4-6(10)15-8(5)11/h2-4,7H,12H2,1H3. The minimum Gasteiger partial charge on any atom is -0.336 e. The Labute approximate surface area is 109 Å². The van der Waals surface area contributed by atoms with Crippen molar-refractivity contribution < 1.29 is 0 Å². The van der Waals surface area contributed by atoms with E-state index >= 15 is 0 Å². The molecule has 0 aromatic carbocycles. The zero-order valence-corrected chi connectivity index (χ0v) is 11.9. The van der Waals surface area contributed by atoms with Crippen LogP contribution in [-0.2, 0) is 7.05 Å².